The first-order chi connectivity index (χ1) is 7.69. The fourth-order valence-corrected chi connectivity index (χ4v) is 0.958. The van der Waals surface area contributed by atoms with Gasteiger partial charge in [-0.2, -0.15) is 15.6 Å². The van der Waals surface area contributed by atoms with Gasteiger partial charge in [0.25, 0.3) is 0 Å². The summed E-state index contributed by atoms with van der Waals surface area (Å²) in [7, 11) is 0. The normalized spacial score (nSPS) is 8.38. The van der Waals surface area contributed by atoms with Gasteiger partial charge in [-0.25, -0.2) is 4.79 Å². The van der Waals surface area contributed by atoms with Crippen molar-refractivity contribution in [2.45, 2.75) is 0 Å². The first-order valence-electron chi connectivity index (χ1n) is 4.15. The van der Waals surface area contributed by atoms with Crippen molar-refractivity contribution >= 4 is 17.4 Å². The summed E-state index contributed by atoms with van der Waals surface area (Å²) < 4.78 is 0. The van der Waals surface area contributed by atoms with Crippen molar-refractivity contribution in [3.05, 3.63) is 29.8 Å². The molecule has 16 heavy (non-hydrogen) atoms. The van der Waals surface area contributed by atoms with E-state index in [-0.39, 0.29) is 17.0 Å². The Kier molecular flexibility index (Phi) is 3.59. The van der Waals surface area contributed by atoms with E-state index in [1.807, 2.05) is 0 Å². The molecule has 0 aliphatic carbocycles. The number of hydrogen-bond donors (Lipinski definition) is 2. The zero-order valence-electron chi connectivity index (χ0n) is 8.01. The van der Waals surface area contributed by atoms with Crippen LogP contribution in [0.1, 0.15) is 10.4 Å². The third-order valence-corrected chi connectivity index (χ3v) is 1.66. The van der Waals surface area contributed by atoms with Crippen molar-refractivity contribution < 1.29 is 9.90 Å². The molecule has 6 nitrogen and oxygen atoms in total. The third-order valence-electron chi connectivity index (χ3n) is 1.66. The van der Waals surface area contributed by atoms with E-state index in [0.29, 0.717) is 0 Å². The summed E-state index contributed by atoms with van der Waals surface area (Å²) in [6.07, 6.45) is 0. The lowest BCUT2D eigenvalue weighted by molar-refractivity contribution is 0.0698. The molecule has 0 unspecified atom stereocenters. The Morgan fingerprint density at radius 3 is 2.50 bits per heavy atom. The summed E-state index contributed by atoms with van der Waals surface area (Å²) in [6.45, 7) is 0. The highest BCUT2D eigenvalue weighted by molar-refractivity contribution is 6.10. The zero-order chi connectivity index (χ0) is 12.0. The average molecular weight is 214 g/mol. The van der Waals surface area contributed by atoms with E-state index in [9.17, 15) is 4.79 Å². The van der Waals surface area contributed by atoms with E-state index in [2.05, 4.69) is 10.5 Å². The molecular weight excluding hydrogens is 208 g/mol. The van der Waals surface area contributed by atoms with E-state index < -0.39 is 5.97 Å². The smallest absolute Gasteiger partial charge is 0.337 e. The minimum Gasteiger partial charge on any atom is -0.478 e. The maximum atomic E-state index is 10.8. The van der Waals surface area contributed by atoms with E-state index in [0.717, 1.165) is 0 Å². The Balaban J connectivity index is 3.00. The number of carbonyl (C=O) groups is 1. The molecule has 2 N–H and O–H groups in total. The van der Waals surface area contributed by atoms with Crippen LogP contribution in [0, 0.1) is 22.7 Å². The fraction of sp³-hybridized carbons (Fsp3) is 0. The number of aromatic carboxylic acids is 1. The highest BCUT2D eigenvalue weighted by Gasteiger charge is 2.08. The SMILES string of the molecule is N#CC(C#N)=NNc1ccccc1C(=O)O. The highest BCUT2D eigenvalue weighted by Crippen LogP contribution is 2.14. The first-order valence-corrected chi connectivity index (χ1v) is 4.15. The summed E-state index contributed by atoms with van der Waals surface area (Å²) in [5.74, 6) is -1.12. The van der Waals surface area contributed by atoms with Gasteiger partial charge in [0.1, 0.15) is 12.1 Å². The molecule has 0 radical (unpaired) electrons. The molecule has 0 atom stereocenters. The molecule has 0 bridgehead atoms. The molecule has 0 fully saturated rings. The Labute approximate surface area is 91.0 Å². The zero-order valence-corrected chi connectivity index (χ0v) is 8.01. The number of nitrogens with zero attached hydrogens (tertiary/aromatic N) is 3. The van der Waals surface area contributed by atoms with Gasteiger partial charge in [-0.05, 0) is 12.1 Å². The van der Waals surface area contributed by atoms with Gasteiger partial charge in [-0.15, -0.1) is 0 Å². The molecule has 0 aromatic heterocycles. The summed E-state index contributed by atoms with van der Waals surface area (Å²) in [5.41, 5.74) is 2.22. The van der Waals surface area contributed by atoms with E-state index in [4.69, 9.17) is 15.6 Å². The minimum absolute atomic E-state index is 0.0153. The molecule has 1 aromatic carbocycles. The van der Waals surface area contributed by atoms with Crippen molar-refractivity contribution in [2.75, 3.05) is 5.43 Å². The number of benzene rings is 1. The summed E-state index contributed by atoms with van der Waals surface area (Å²) in [6, 6.07) is 9.15. The maximum absolute atomic E-state index is 10.8. The van der Waals surface area contributed by atoms with Crippen LogP contribution in [0.25, 0.3) is 0 Å². The van der Waals surface area contributed by atoms with Gasteiger partial charge < -0.3 is 5.11 Å². The Morgan fingerprint density at radius 2 is 1.94 bits per heavy atom. The number of para-hydroxylation sites is 1. The summed E-state index contributed by atoms with van der Waals surface area (Å²) in [4.78, 5) is 10.8. The van der Waals surface area contributed by atoms with E-state index >= 15 is 0 Å². The van der Waals surface area contributed by atoms with Crippen molar-refractivity contribution in [1.82, 2.24) is 0 Å². The number of nitrogens with one attached hydrogen (secondary N) is 1. The van der Waals surface area contributed by atoms with Crippen LogP contribution >= 0.6 is 0 Å². The monoisotopic (exact) mass is 214 g/mol. The van der Waals surface area contributed by atoms with Gasteiger partial charge in [-0.1, -0.05) is 12.1 Å². The lowest BCUT2D eigenvalue weighted by Gasteiger charge is -2.03. The predicted molar refractivity (Wildman–Crippen MR) is 55.7 cm³/mol. The number of rotatable bonds is 3. The van der Waals surface area contributed by atoms with E-state index in [1.54, 1.807) is 24.3 Å². The molecule has 0 saturated heterocycles. The van der Waals surface area contributed by atoms with Gasteiger partial charge in [0.05, 0.1) is 11.3 Å². The Morgan fingerprint density at radius 1 is 1.31 bits per heavy atom. The lowest BCUT2D eigenvalue weighted by atomic mass is 10.2. The lowest BCUT2D eigenvalue weighted by Crippen LogP contribution is -2.03. The third kappa shape index (κ3) is 2.56. The number of anilines is 1. The number of hydrazone groups is 1. The number of carboxylic acids is 1. The molecule has 78 valence electrons. The topological polar surface area (TPSA) is 109 Å². The van der Waals surface area contributed by atoms with Crippen LogP contribution in [0.15, 0.2) is 29.4 Å². The molecule has 6 heteroatoms. The maximum Gasteiger partial charge on any atom is 0.337 e. The van der Waals surface area contributed by atoms with Gasteiger partial charge >= 0.3 is 5.97 Å². The molecule has 0 aliphatic heterocycles. The number of hydrogen-bond acceptors (Lipinski definition) is 5. The van der Waals surface area contributed by atoms with Crippen molar-refractivity contribution in [1.29, 1.82) is 10.5 Å². The fourth-order valence-electron chi connectivity index (χ4n) is 0.958. The predicted octanol–water partition coefficient (Wildman–Crippen LogP) is 1.20. The van der Waals surface area contributed by atoms with Crippen molar-refractivity contribution in [2.24, 2.45) is 5.10 Å². The molecule has 0 heterocycles. The van der Waals surface area contributed by atoms with Gasteiger partial charge in [-0.3, -0.25) is 5.43 Å². The van der Waals surface area contributed by atoms with E-state index in [1.165, 1.54) is 12.1 Å². The molecule has 1 rings (SSSR count). The second-order valence-electron chi connectivity index (χ2n) is 2.65. The van der Waals surface area contributed by atoms with Crippen LogP contribution in [0.4, 0.5) is 5.69 Å². The molecule has 0 saturated carbocycles. The number of carboxylic acid groups (broad SMARTS) is 1. The van der Waals surface area contributed by atoms with Crippen LogP contribution in [-0.4, -0.2) is 16.8 Å². The molecule has 0 amide bonds. The first kappa shape index (κ1) is 11.2. The molecule has 0 spiro atoms. The van der Waals surface area contributed by atoms with Gasteiger partial charge in [0.2, 0.25) is 5.71 Å². The number of nitriles is 2. The summed E-state index contributed by atoms with van der Waals surface area (Å²) >= 11 is 0. The molecule has 1 aromatic rings. The van der Waals surface area contributed by atoms with Gasteiger partial charge in [0.15, 0.2) is 0 Å². The van der Waals surface area contributed by atoms with Crippen molar-refractivity contribution in [3.8, 4) is 12.1 Å². The standard InChI is InChI=1S/C10H6N4O2/c11-5-7(6-12)13-14-9-4-2-1-3-8(9)10(15)16/h1-4,14H,(H,15,16). The van der Waals surface area contributed by atoms with Crippen LogP contribution in [-0.2, 0) is 0 Å². The highest BCUT2D eigenvalue weighted by atomic mass is 16.4. The van der Waals surface area contributed by atoms with Crippen molar-refractivity contribution in [3.63, 3.8) is 0 Å². The minimum atomic E-state index is -1.12. The summed E-state index contributed by atoms with van der Waals surface area (Å²) in [5, 5.41) is 29.1. The second-order valence-corrected chi connectivity index (χ2v) is 2.65. The van der Waals surface area contributed by atoms with Crippen LogP contribution < -0.4 is 5.43 Å². The van der Waals surface area contributed by atoms with Crippen LogP contribution in [0.5, 0.6) is 0 Å². The molecule has 0 aliphatic rings. The largest absolute Gasteiger partial charge is 0.478 e. The Bertz CT molecular complexity index is 506. The quantitative estimate of drug-likeness (QED) is 0.580. The second kappa shape index (κ2) is 5.13. The molecular formula is C10H6N4O2. The van der Waals surface area contributed by atoms with Crippen LogP contribution in [0.2, 0.25) is 0 Å². The average Bonchev–Trinajstić information content (AvgIpc) is 2.30. The Hall–Kier alpha value is -2.86. The van der Waals surface area contributed by atoms with Gasteiger partial charge in [0, 0.05) is 0 Å². The van der Waals surface area contributed by atoms with Crippen LogP contribution in [0.3, 0.4) is 0 Å².